The lowest BCUT2D eigenvalue weighted by molar-refractivity contribution is 0.0702. The lowest BCUT2D eigenvalue weighted by atomic mass is 9.98. The Bertz CT molecular complexity index is 1040. The minimum atomic E-state index is -0.640. The van der Waals surface area contributed by atoms with Crippen LogP contribution >= 0.6 is 11.6 Å². The van der Waals surface area contributed by atoms with Gasteiger partial charge in [0.15, 0.2) is 0 Å². The largest absolute Gasteiger partial charge is 0.339 e. The molecule has 4 rings (SSSR count). The number of likely N-dealkylation sites (tertiary alicyclic amines) is 1. The van der Waals surface area contributed by atoms with Crippen LogP contribution in [0, 0.1) is 11.6 Å². The fourth-order valence-corrected chi connectivity index (χ4v) is 3.92. The summed E-state index contributed by atoms with van der Waals surface area (Å²) in [5.74, 6) is -1.31. The summed E-state index contributed by atoms with van der Waals surface area (Å²) in [6.07, 6.45) is 6.04. The number of nitrogens with one attached hydrogen (secondary N) is 1. The van der Waals surface area contributed by atoms with Gasteiger partial charge in [0, 0.05) is 53.7 Å². The number of halogens is 3. The molecule has 2 heterocycles. The molecule has 31 heavy (non-hydrogen) atoms. The van der Waals surface area contributed by atoms with Crippen LogP contribution < -0.4 is 5.32 Å². The summed E-state index contributed by atoms with van der Waals surface area (Å²) >= 11 is 5.90. The average Bonchev–Trinajstić information content (AvgIpc) is 2.79. The van der Waals surface area contributed by atoms with E-state index in [1.807, 2.05) is 0 Å². The molecule has 0 saturated carbocycles. The molecule has 1 saturated heterocycles. The molecule has 3 aromatic rings. The number of carbonyl (C=O) groups is 1. The van der Waals surface area contributed by atoms with Gasteiger partial charge in [0.25, 0.3) is 5.91 Å². The van der Waals surface area contributed by atoms with Crippen molar-refractivity contribution in [3.63, 3.8) is 0 Å². The highest BCUT2D eigenvalue weighted by Gasteiger charge is 2.28. The normalized spacial score (nSPS) is 15.6. The van der Waals surface area contributed by atoms with Gasteiger partial charge in [-0.25, -0.2) is 8.78 Å². The van der Waals surface area contributed by atoms with Gasteiger partial charge in [0.05, 0.1) is 17.9 Å². The van der Waals surface area contributed by atoms with Crippen LogP contribution in [0.2, 0.25) is 5.02 Å². The Labute approximate surface area is 184 Å². The van der Waals surface area contributed by atoms with Crippen molar-refractivity contribution in [1.82, 2.24) is 20.2 Å². The van der Waals surface area contributed by atoms with E-state index >= 15 is 0 Å². The topological polar surface area (TPSA) is 58.1 Å². The zero-order valence-corrected chi connectivity index (χ0v) is 17.4. The second-order valence-corrected chi connectivity index (χ2v) is 7.91. The van der Waals surface area contributed by atoms with E-state index in [1.165, 1.54) is 12.1 Å². The molecule has 0 bridgehead atoms. The summed E-state index contributed by atoms with van der Waals surface area (Å²) in [4.78, 5) is 22.9. The van der Waals surface area contributed by atoms with Crippen molar-refractivity contribution in [2.75, 3.05) is 13.1 Å². The molecule has 1 N–H and O–H groups in total. The van der Waals surface area contributed by atoms with Gasteiger partial charge in [-0.15, -0.1) is 0 Å². The van der Waals surface area contributed by atoms with Crippen LogP contribution in [-0.4, -0.2) is 39.9 Å². The van der Waals surface area contributed by atoms with Crippen molar-refractivity contribution in [3.05, 3.63) is 94.5 Å². The van der Waals surface area contributed by atoms with Gasteiger partial charge in [-0.1, -0.05) is 17.7 Å². The molecular weight excluding hydrogens is 422 g/mol. The van der Waals surface area contributed by atoms with E-state index in [9.17, 15) is 13.6 Å². The number of aromatic nitrogens is 2. The van der Waals surface area contributed by atoms with Crippen molar-refractivity contribution in [2.45, 2.75) is 24.9 Å². The maximum Gasteiger partial charge on any atom is 0.253 e. The summed E-state index contributed by atoms with van der Waals surface area (Å²) < 4.78 is 28.0. The fraction of sp³-hybridized carbons (Fsp3) is 0.261. The number of benzene rings is 2. The highest BCUT2D eigenvalue weighted by atomic mass is 35.5. The molecule has 1 aliphatic heterocycles. The first-order chi connectivity index (χ1) is 15.0. The Morgan fingerprint density at radius 2 is 1.84 bits per heavy atom. The molecule has 2 aromatic carbocycles. The molecule has 1 unspecified atom stereocenters. The quantitative estimate of drug-likeness (QED) is 0.636. The molecule has 0 aliphatic carbocycles. The number of hydrogen-bond acceptors (Lipinski definition) is 4. The zero-order valence-electron chi connectivity index (χ0n) is 16.6. The maximum atomic E-state index is 14.5. The number of nitrogens with zero attached hydrogens (tertiary/aromatic N) is 3. The van der Waals surface area contributed by atoms with Gasteiger partial charge in [-0.3, -0.25) is 14.8 Å². The van der Waals surface area contributed by atoms with Crippen molar-refractivity contribution >= 4 is 17.5 Å². The summed E-state index contributed by atoms with van der Waals surface area (Å²) in [6, 6.07) is 9.83. The third-order valence-corrected chi connectivity index (χ3v) is 5.68. The minimum Gasteiger partial charge on any atom is -0.339 e. The predicted octanol–water partition coefficient (Wildman–Crippen LogP) is 4.39. The van der Waals surface area contributed by atoms with Gasteiger partial charge in [-0.05, 0) is 43.2 Å². The molecule has 1 fully saturated rings. The van der Waals surface area contributed by atoms with E-state index in [1.54, 1.807) is 47.8 Å². The van der Waals surface area contributed by atoms with Crippen molar-refractivity contribution in [2.24, 2.45) is 0 Å². The van der Waals surface area contributed by atoms with Gasteiger partial charge in [0.1, 0.15) is 11.6 Å². The number of piperidine rings is 1. The van der Waals surface area contributed by atoms with Crippen LogP contribution in [0.25, 0.3) is 0 Å². The van der Waals surface area contributed by atoms with E-state index in [2.05, 4.69) is 15.3 Å². The number of hydrogen-bond donors (Lipinski definition) is 1. The molecule has 1 amide bonds. The second kappa shape index (κ2) is 9.49. The Hall–Kier alpha value is -2.90. The minimum absolute atomic E-state index is 0.0331. The first-order valence-corrected chi connectivity index (χ1v) is 10.4. The van der Waals surface area contributed by atoms with Gasteiger partial charge in [0.2, 0.25) is 0 Å². The third kappa shape index (κ3) is 5.06. The molecule has 1 aromatic heterocycles. The molecule has 0 spiro atoms. The van der Waals surface area contributed by atoms with E-state index in [4.69, 9.17) is 11.6 Å². The first kappa shape index (κ1) is 21.3. The Kier molecular flexibility index (Phi) is 6.53. The summed E-state index contributed by atoms with van der Waals surface area (Å²) in [5, 5.41) is 4.02. The molecule has 8 heteroatoms. The molecule has 1 atom stereocenters. The zero-order chi connectivity index (χ0) is 21.8. The van der Waals surface area contributed by atoms with Crippen LogP contribution in [0.5, 0.6) is 0 Å². The Morgan fingerprint density at radius 1 is 1.10 bits per heavy atom. The number of amides is 1. The maximum absolute atomic E-state index is 14.5. The molecular formula is C23H21ClF2N4O. The van der Waals surface area contributed by atoms with Crippen LogP contribution in [0.15, 0.2) is 61.1 Å². The smallest absolute Gasteiger partial charge is 0.253 e. The van der Waals surface area contributed by atoms with Gasteiger partial charge in [-0.2, -0.15) is 0 Å². The van der Waals surface area contributed by atoms with E-state index in [0.29, 0.717) is 47.8 Å². The number of carbonyl (C=O) groups excluding carboxylic acids is 1. The van der Waals surface area contributed by atoms with Gasteiger partial charge < -0.3 is 10.2 Å². The lowest BCUT2D eigenvalue weighted by Crippen LogP contribution is -2.46. The van der Waals surface area contributed by atoms with Crippen LogP contribution in [-0.2, 0) is 0 Å². The van der Waals surface area contributed by atoms with Crippen LogP contribution in [0.4, 0.5) is 8.78 Å². The first-order valence-electron chi connectivity index (χ1n) is 10.0. The number of rotatable bonds is 5. The molecule has 0 radical (unpaired) electrons. The van der Waals surface area contributed by atoms with Crippen molar-refractivity contribution < 1.29 is 13.6 Å². The van der Waals surface area contributed by atoms with E-state index in [0.717, 1.165) is 6.07 Å². The molecule has 1 aliphatic rings. The summed E-state index contributed by atoms with van der Waals surface area (Å²) in [6.45, 7) is 1.14. The molecule has 160 valence electrons. The fourth-order valence-electron chi connectivity index (χ4n) is 3.79. The third-order valence-electron chi connectivity index (χ3n) is 5.43. The highest BCUT2D eigenvalue weighted by Crippen LogP contribution is 2.26. The van der Waals surface area contributed by atoms with Gasteiger partial charge >= 0.3 is 0 Å². The van der Waals surface area contributed by atoms with Crippen molar-refractivity contribution in [3.8, 4) is 0 Å². The van der Waals surface area contributed by atoms with E-state index < -0.39 is 17.7 Å². The lowest BCUT2D eigenvalue weighted by Gasteiger charge is -2.34. The Morgan fingerprint density at radius 3 is 2.48 bits per heavy atom. The SMILES string of the molecule is O=C(c1ccc(Cl)cc1)N1CCC(NC(c2cnccn2)c2ccc(F)cc2F)CC1. The van der Waals surface area contributed by atoms with Crippen LogP contribution in [0.1, 0.15) is 40.5 Å². The summed E-state index contributed by atoms with van der Waals surface area (Å²) in [7, 11) is 0. The molecule has 5 nitrogen and oxygen atoms in total. The second-order valence-electron chi connectivity index (χ2n) is 7.47. The van der Waals surface area contributed by atoms with Crippen molar-refractivity contribution in [1.29, 1.82) is 0 Å². The summed E-state index contributed by atoms with van der Waals surface area (Å²) in [5.41, 5.74) is 1.45. The Balaban J connectivity index is 1.46. The highest BCUT2D eigenvalue weighted by molar-refractivity contribution is 6.30. The standard InChI is InChI=1S/C23H21ClF2N4O/c24-16-3-1-15(2-4-16)23(31)30-11-7-18(8-12-30)29-22(21-14-27-9-10-28-21)19-6-5-17(25)13-20(19)26/h1-6,9-10,13-14,18,22,29H,7-8,11-12H2. The monoisotopic (exact) mass is 442 g/mol. The van der Waals surface area contributed by atoms with E-state index in [-0.39, 0.29) is 11.9 Å². The van der Waals surface area contributed by atoms with Crippen LogP contribution in [0.3, 0.4) is 0 Å². The predicted molar refractivity (Wildman–Crippen MR) is 114 cm³/mol. The average molecular weight is 443 g/mol.